The predicted octanol–water partition coefficient (Wildman–Crippen LogP) is 3.08. The van der Waals surface area contributed by atoms with Gasteiger partial charge in [0.15, 0.2) is 0 Å². The van der Waals surface area contributed by atoms with Gasteiger partial charge in [-0.15, -0.1) is 0 Å². The molecule has 2 N–H and O–H groups in total. The highest BCUT2D eigenvalue weighted by Gasteiger charge is 2.33. The molecular formula is C25H29N3O6. The van der Waals surface area contributed by atoms with Crippen LogP contribution in [0.4, 0.5) is 5.69 Å². The van der Waals surface area contributed by atoms with E-state index in [4.69, 9.17) is 14.6 Å². The van der Waals surface area contributed by atoms with Crippen LogP contribution in [0.25, 0.3) is 10.9 Å². The molecule has 1 aliphatic heterocycles. The Kier molecular flexibility index (Phi) is 6.93. The number of anilines is 1. The molecular weight excluding hydrogens is 438 g/mol. The number of rotatable bonds is 9. The van der Waals surface area contributed by atoms with Crippen LogP contribution in [-0.2, 0) is 16.1 Å². The Hall–Kier alpha value is -3.72. The van der Waals surface area contributed by atoms with Crippen LogP contribution in [0, 0.1) is 0 Å². The summed E-state index contributed by atoms with van der Waals surface area (Å²) >= 11 is 0. The molecule has 1 atom stereocenters. The lowest BCUT2D eigenvalue weighted by Gasteiger charge is -2.38. The monoisotopic (exact) mass is 467 g/mol. The normalized spacial score (nSPS) is 15.3. The van der Waals surface area contributed by atoms with Crippen LogP contribution in [0.15, 0.2) is 48.7 Å². The van der Waals surface area contributed by atoms with Gasteiger partial charge in [-0.05, 0) is 30.3 Å². The number of carboxylic acid groups (broad SMARTS) is 2. The zero-order chi connectivity index (χ0) is 24.2. The Balaban J connectivity index is 1.62. The van der Waals surface area contributed by atoms with Gasteiger partial charge in [-0.3, -0.25) is 14.5 Å². The minimum absolute atomic E-state index is 0.0494. The van der Waals surface area contributed by atoms with Crippen molar-refractivity contribution < 1.29 is 29.3 Å². The van der Waals surface area contributed by atoms with Gasteiger partial charge in [0.05, 0.1) is 20.6 Å². The Labute approximate surface area is 197 Å². The molecule has 2 heterocycles. The second-order valence-corrected chi connectivity index (χ2v) is 8.27. The van der Waals surface area contributed by atoms with E-state index in [0.29, 0.717) is 37.5 Å². The second-order valence-electron chi connectivity index (χ2n) is 8.27. The molecule has 0 saturated carbocycles. The van der Waals surface area contributed by atoms with Crippen LogP contribution in [0.2, 0.25) is 0 Å². The number of aryl methyl sites for hydroxylation is 1. The summed E-state index contributed by atoms with van der Waals surface area (Å²) in [4.78, 5) is 27.8. The lowest BCUT2D eigenvalue weighted by atomic mass is 10.0. The van der Waals surface area contributed by atoms with Crippen molar-refractivity contribution in [2.24, 2.45) is 0 Å². The molecule has 0 radical (unpaired) electrons. The Morgan fingerprint density at radius 2 is 1.68 bits per heavy atom. The quantitative estimate of drug-likeness (QED) is 0.495. The van der Waals surface area contributed by atoms with Gasteiger partial charge in [0.2, 0.25) is 0 Å². The highest BCUT2D eigenvalue weighted by atomic mass is 16.5. The average molecular weight is 468 g/mol. The molecule has 34 heavy (non-hydrogen) atoms. The van der Waals surface area contributed by atoms with Crippen molar-refractivity contribution in [2.45, 2.75) is 19.0 Å². The van der Waals surface area contributed by atoms with E-state index in [2.05, 4.69) is 4.90 Å². The van der Waals surface area contributed by atoms with E-state index in [1.54, 1.807) is 26.5 Å². The van der Waals surface area contributed by atoms with Crippen molar-refractivity contribution in [1.29, 1.82) is 0 Å². The van der Waals surface area contributed by atoms with Crippen LogP contribution in [0.5, 0.6) is 11.5 Å². The molecule has 0 bridgehead atoms. The van der Waals surface area contributed by atoms with Crippen molar-refractivity contribution in [3.63, 3.8) is 0 Å². The molecule has 2 aromatic carbocycles. The molecule has 3 aromatic rings. The fourth-order valence-corrected chi connectivity index (χ4v) is 4.58. The van der Waals surface area contributed by atoms with Crippen molar-refractivity contribution in [1.82, 2.24) is 9.47 Å². The summed E-state index contributed by atoms with van der Waals surface area (Å²) in [6, 6.07) is 12.5. The minimum atomic E-state index is -0.935. The number of benzene rings is 2. The number of aromatic nitrogens is 1. The molecule has 1 saturated heterocycles. The number of methoxy groups -OCH3 is 2. The van der Waals surface area contributed by atoms with Gasteiger partial charge in [-0.25, -0.2) is 0 Å². The van der Waals surface area contributed by atoms with Crippen LogP contribution in [0.3, 0.4) is 0 Å². The third kappa shape index (κ3) is 4.79. The first kappa shape index (κ1) is 23.4. The van der Waals surface area contributed by atoms with Crippen LogP contribution >= 0.6 is 0 Å². The Bertz CT molecular complexity index is 1180. The van der Waals surface area contributed by atoms with Gasteiger partial charge in [0, 0.05) is 67.1 Å². The summed E-state index contributed by atoms with van der Waals surface area (Å²) in [7, 11) is 3.20. The zero-order valence-electron chi connectivity index (χ0n) is 19.3. The summed E-state index contributed by atoms with van der Waals surface area (Å²) in [6.45, 7) is 2.75. The van der Waals surface area contributed by atoms with E-state index in [0.717, 1.165) is 22.3 Å². The maximum Gasteiger partial charge on any atom is 0.325 e. The third-order valence-electron chi connectivity index (χ3n) is 6.31. The fourth-order valence-electron chi connectivity index (χ4n) is 4.58. The van der Waals surface area contributed by atoms with Crippen LogP contribution < -0.4 is 14.4 Å². The number of aliphatic carboxylic acids is 2. The molecule has 9 nitrogen and oxygen atoms in total. The molecule has 1 fully saturated rings. The van der Waals surface area contributed by atoms with Gasteiger partial charge >= 0.3 is 11.9 Å². The summed E-state index contributed by atoms with van der Waals surface area (Å²) in [5, 5.41) is 20.1. The van der Waals surface area contributed by atoms with E-state index in [9.17, 15) is 14.7 Å². The number of carboxylic acids is 2. The van der Waals surface area contributed by atoms with Gasteiger partial charge < -0.3 is 29.2 Å². The second kappa shape index (κ2) is 10.0. The molecule has 180 valence electrons. The molecule has 0 amide bonds. The SMILES string of the molecule is COc1cccc(N2CCN([C@H](C(=O)O)c3cn(CCC(=O)O)c4ccc(OC)cc34)CC2)c1. The molecule has 1 aliphatic rings. The summed E-state index contributed by atoms with van der Waals surface area (Å²) in [5.74, 6) is -0.432. The maximum absolute atomic E-state index is 12.5. The summed E-state index contributed by atoms with van der Waals surface area (Å²) in [6.07, 6.45) is 1.73. The number of fused-ring (bicyclic) bond motifs is 1. The first-order valence-corrected chi connectivity index (χ1v) is 11.2. The Morgan fingerprint density at radius 1 is 0.971 bits per heavy atom. The average Bonchev–Trinajstić information content (AvgIpc) is 3.20. The lowest BCUT2D eigenvalue weighted by Crippen LogP contribution is -2.49. The molecule has 9 heteroatoms. The highest BCUT2D eigenvalue weighted by molar-refractivity contribution is 5.90. The lowest BCUT2D eigenvalue weighted by molar-refractivity contribution is -0.143. The maximum atomic E-state index is 12.5. The number of hydrogen-bond donors (Lipinski definition) is 2. The van der Waals surface area contributed by atoms with Crippen molar-refractivity contribution in [2.75, 3.05) is 45.3 Å². The molecule has 4 rings (SSSR count). The topological polar surface area (TPSA) is 104 Å². The zero-order valence-corrected chi connectivity index (χ0v) is 19.3. The first-order valence-electron chi connectivity index (χ1n) is 11.2. The molecule has 0 unspecified atom stereocenters. The van der Waals surface area contributed by atoms with E-state index in [1.807, 2.05) is 45.9 Å². The van der Waals surface area contributed by atoms with E-state index in [1.165, 1.54) is 0 Å². The molecule has 0 spiro atoms. The largest absolute Gasteiger partial charge is 0.497 e. The first-order chi connectivity index (χ1) is 16.4. The van der Waals surface area contributed by atoms with Gasteiger partial charge in [0.1, 0.15) is 17.5 Å². The number of nitrogens with zero attached hydrogens (tertiary/aromatic N) is 3. The number of piperazine rings is 1. The Morgan fingerprint density at radius 3 is 2.32 bits per heavy atom. The number of ether oxygens (including phenoxy) is 2. The van der Waals surface area contributed by atoms with Crippen LogP contribution in [0.1, 0.15) is 18.0 Å². The van der Waals surface area contributed by atoms with E-state index in [-0.39, 0.29) is 13.0 Å². The predicted molar refractivity (Wildman–Crippen MR) is 128 cm³/mol. The molecule has 0 aliphatic carbocycles. The number of hydrogen-bond acceptors (Lipinski definition) is 6. The fraction of sp³-hybridized carbons (Fsp3) is 0.360. The van der Waals surface area contributed by atoms with E-state index < -0.39 is 18.0 Å². The minimum Gasteiger partial charge on any atom is -0.497 e. The smallest absolute Gasteiger partial charge is 0.325 e. The standard InChI is InChI=1S/C25H29N3O6/c1-33-18-5-3-4-17(14-18)26-10-12-27(13-11-26)24(25(31)32)21-16-28(9-8-23(29)30)22-7-6-19(34-2)15-20(21)22/h3-7,14-16,24H,8-13H2,1-2H3,(H,29,30)(H,31,32)/t24-/m0/s1. The van der Waals surface area contributed by atoms with Gasteiger partial charge in [-0.2, -0.15) is 0 Å². The van der Waals surface area contributed by atoms with Gasteiger partial charge in [-0.1, -0.05) is 6.07 Å². The van der Waals surface area contributed by atoms with Crippen molar-refractivity contribution >= 4 is 28.5 Å². The highest BCUT2D eigenvalue weighted by Crippen LogP contribution is 2.34. The van der Waals surface area contributed by atoms with Crippen molar-refractivity contribution in [3.05, 3.63) is 54.2 Å². The summed E-state index contributed by atoms with van der Waals surface area (Å²) < 4.78 is 12.5. The van der Waals surface area contributed by atoms with E-state index >= 15 is 0 Å². The summed E-state index contributed by atoms with van der Waals surface area (Å²) in [5.41, 5.74) is 2.47. The molecule has 1 aromatic heterocycles. The number of carbonyl (C=O) groups is 2. The van der Waals surface area contributed by atoms with Crippen molar-refractivity contribution in [3.8, 4) is 11.5 Å². The third-order valence-corrected chi connectivity index (χ3v) is 6.31. The van der Waals surface area contributed by atoms with Crippen LogP contribution in [-0.4, -0.2) is 72.0 Å². The van der Waals surface area contributed by atoms with Gasteiger partial charge in [0.25, 0.3) is 0 Å².